The molecule has 6 nitrogen and oxygen atoms in total. The Hall–Kier alpha value is -3.91. The summed E-state index contributed by atoms with van der Waals surface area (Å²) in [6.45, 7) is 4.25. The molecule has 0 atom stereocenters. The Balaban J connectivity index is 1.51. The van der Waals surface area contributed by atoms with E-state index < -0.39 is 0 Å². The zero-order chi connectivity index (χ0) is 24.5. The Labute approximate surface area is 205 Å². The third-order valence-corrected chi connectivity index (χ3v) is 6.99. The van der Waals surface area contributed by atoms with Crippen molar-refractivity contribution in [2.24, 2.45) is 0 Å². The second kappa shape index (κ2) is 9.38. The molecule has 0 aliphatic carbocycles. The third kappa shape index (κ3) is 4.44. The van der Waals surface area contributed by atoms with Crippen molar-refractivity contribution in [3.63, 3.8) is 0 Å². The molecule has 2 aromatic heterocycles. The van der Waals surface area contributed by atoms with E-state index in [-0.39, 0.29) is 23.0 Å². The maximum Gasteiger partial charge on any atom is 0.283 e. The summed E-state index contributed by atoms with van der Waals surface area (Å²) in [5.41, 5.74) is 5.19. The van der Waals surface area contributed by atoms with Crippen molar-refractivity contribution in [1.82, 2.24) is 19.9 Å². The lowest BCUT2D eigenvalue weighted by Gasteiger charge is -2.15. The molecule has 0 fully saturated rings. The van der Waals surface area contributed by atoms with Gasteiger partial charge in [-0.25, -0.2) is 9.37 Å². The van der Waals surface area contributed by atoms with Gasteiger partial charge in [-0.05, 0) is 54.8 Å². The predicted molar refractivity (Wildman–Crippen MR) is 138 cm³/mol. The Bertz CT molecular complexity index is 1620. The zero-order valence-corrected chi connectivity index (χ0v) is 20.1. The number of rotatable bonds is 6. The topological polar surface area (TPSA) is 79.8 Å². The number of thioether (sulfide) groups is 1. The first-order chi connectivity index (χ1) is 16.9. The van der Waals surface area contributed by atoms with Gasteiger partial charge in [0.1, 0.15) is 16.9 Å². The summed E-state index contributed by atoms with van der Waals surface area (Å²) in [7, 11) is 0. The van der Waals surface area contributed by atoms with Gasteiger partial charge in [-0.15, -0.1) is 0 Å². The van der Waals surface area contributed by atoms with Crippen LogP contribution >= 0.6 is 11.8 Å². The van der Waals surface area contributed by atoms with E-state index in [1.54, 1.807) is 16.7 Å². The van der Waals surface area contributed by atoms with E-state index >= 15 is 0 Å². The highest BCUT2D eigenvalue weighted by atomic mass is 32.2. The van der Waals surface area contributed by atoms with Gasteiger partial charge in [0.25, 0.3) is 5.56 Å². The Morgan fingerprint density at radius 1 is 1.06 bits per heavy atom. The highest BCUT2D eigenvalue weighted by molar-refractivity contribution is 7.99. The molecular weight excluding hydrogens is 463 g/mol. The summed E-state index contributed by atoms with van der Waals surface area (Å²) < 4.78 is 14.7. The number of fused-ring (bicyclic) bond motifs is 3. The van der Waals surface area contributed by atoms with Crippen molar-refractivity contribution in [3.8, 4) is 5.69 Å². The summed E-state index contributed by atoms with van der Waals surface area (Å²) >= 11 is 1.21. The number of H-pyrrole nitrogens is 1. The van der Waals surface area contributed by atoms with Gasteiger partial charge in [-0.1, -0.05) is 54.2 Å². The lowest BCUT2D eigenvalue weighted by atomic mass is 10.1. The van der Waals surface area contributed by atoms with Gasteiger partial charge < -0.3 is 10.3 Å². The van der Waals surface area contributed by atoms with Gasteiger partial charge >= 0.3 is 0 Å². The summed E-state index contributed by atoms with van der Waals surface area (Å²) in [6.07, 6.45) is 0. The van der Waals surface area contributed by atoms with Crippen molar-refractivity contribution >= 4 is 39.6 Å². The minimum atomic E-state index is -0.321. The monoisotopic (exact) mass is 486 g/mol. The van der Waals surface area contributed by atoms with Gasteiger partial charge in [0.2, 0.25) is 5.91 Å². The Morgan fingerprint density at radius 3 is 2.63 bits per heavy atom. The van der Waals surface area contributed by atoms with Gasteiger partial charge in [0, 0.05) is 17.4 Å². The second-order valence-corrected chi connectivity index (χ2v) is 9.28. The first kappa shape index (κ1) is 22.9. The van der Waals surface area contributed by atoms with Crippen LogP contribution in [0.3, 0.4) is 0 Å². The van der Waals surface area contributed by atoms with Crippen LogP contribution in [0, 0.1) is 19.7 Å². The molecule has 0 saturated heterocycles. The molecule has 0 unspecified atom stereocenters. The number of hydrogen-bond donors (Lipinski definition) is 2. The molecule has 8 heteroatoms. The first-order valence-corrected chi connectivity index (χ1v) is 12.1. The molecule has 5 rings (SSSR count). The Kier molecular flexibility index (Phi) is 6.13. The number of amides is 1. The normalized spacial score (nSPS) is 11.3. The maximum atomic E-state index is 13.7. The quantitative estimate of drug-likeness (QED) is 0.261. The van der Waals surface area contributed by atoms with E-state index in [2.05, 4.69) is 10.3 Å². The molecule has 0 radical (unpaired) electrons. The molecule has 3 aromatic carbocycles. The predicted octanol–water partition coefficient (Wildman–Crippen LogP) is 5.03. The molecule has 2 heterocycles. The van der Waals surface area contributed by atoms with E-state index in [1.165, 1.54) is 23.9 Å². The molecule has 0 aliphatic rings. The number of benzene rings is 3. The molecule has 1 amide bonds. The van der Waals surface area contributed by atoms with E-state index in [9.17, 15) is 14.0 Å². The first-order valence-electron chi connectivity index (χ1n) is 11.2. The number of aromatic amines is 1. The molecule has 35 heavy (non-hydrogen) atoms. The molecular formula is C27H23FN4O2S. The highest BCUT2D eigenvalue weighted by Gasteiger charge is 2.19. The van der Waals surface area contributed by atoms with E-state index in [0.717, 1.165) is 33.3 Å². The molecule has 5 aromatic rings. The number of hydrogen-bond acceptors (Lipinski definition) is 4. The van der Waals surface area contributed by atoms with E-state index in [0.29, 0.717) is 22.7 Å². The lowest BCUT2D eigenvalue weighted by molar-refractivity contribution is -0.118. The SMILES string of the molecule is Cc1cccc(-n2c(SCC(=O)NCc3ccc(F)cc3)nc3c([nH]c4ccccc43)c2=O)c1C. The molecule has 0 bridgehead atoms. The minimum absolute atomic E-state index is 0.0758. The average Bonchev–Trinajstić information content (AvgIpc) is 3.24. The van der Waals surface area contributed by atoms with Crippen molar-refractivity contribution in [1.29, 1.82) is 0 Å². The fourth-order valence-corrected chi connectivity index (χ4v) is 4.84. The van der Waals surface area contributed by atoms with Crippen LogP contribution in [0.5, 0.6) is 0 Å². The summed E-state index contributed by atoms with van der Waals surface area (Å²) in [4.78, 5) is 34.4. The number of aromatic nitrogens is 3. The van der Waals surface area contributed by atoms with Gasteiger partial charge in [-0.3, -0.25) is 14.2 Å². The van der Waals surface area contributed by atoms with Crippen LogP contribution in [0.2, 0.25) is 0 Å². The van der Waals surface area contributed by atoms with Crippen LogP contribution in [0.25, 0.3) is 27.6 Å². The van der Waals surface area contributed by atoms with Crippen LogP contribution in [-0.2, 0) is 11.3 Å². The average molecular weight is 487 g/mol. The standard InChI is InChI=1S/C27H23FN4O2S/c1-16-6-5-9-22(17(16)2)32-26(34)25-24(20-7-3-4-8-21(20)30-25)31-27(32)35-15-23(33)29-14-18-10-12-19(28)13-11-18/h3-13,30H,14-15H2,1-2H3,(H,29,33). The smallest absolute Gasteiger partial charge is 0.283 e. The van der Waals surface area contributed by atoms with Crippen molar-refractivity contribution in [2.45, 2.75) is 25.5 Å². The number of carbonyl (C=O) groups excluding carboxylic acids is 1. The second-order valence-electron chi connectivity index (χ2n) is 8.34. The molecule has 176 valence electrons. The Morgan fingerprint density at radius 2 is 1.83 bits per heavy atom. The molecule has 0 aliphatic heterocycles. The summed E-state index contributed by atoms with van der Waals surface area (Å²) in [6, 6.07) is 19.4. The van der Waals surface area contributed by atoms with Crippen LogP contribution in [0.4, 0.5) is 4.39 Å². The number of nitrogens with zero attached hydrogens (tertiary/aromatic N) is 2. The van der Waals surface area contributed by atoms with Crippen molar-refractivity contribution in [3.05, 3.63) is 99.6 Å². The van der Waals surface area contributed by atoms with E-state index in [1.807, 2.05) is 56.3 Å². The van der Waals surface area contributed by atoms with Gasteiger partial charge in [0.05, 0.1) is 11.4 Å². The highest BCUT2D eigenvalue weighted by Crippen LogP contribution is 2.27. The van der Waals surface area contributed by atoms with Gasteiger partial charge in [-0.2, -0.15) is 0 Å². The van der Waals surface area contributed by atoms with Crippen LogP contribution < -0.4 is 10.9 Å². The van der Waals surface area contributed by atoms with Crippen LogP contribution in [0.1, 0.15) is 16.7 Å². The third-order valence-electron chi connectivity index (χ3n) is 6.05. The number of halogens is 1. The minimum Gasteiger partial charge on any atom is -0.351 e. The summed E-state index contributed by atoms with van der Waals surface area (Å²) in [5.74, 6) is -0.453. The van der Waals surface area contributed by atoms with Crippen LogP contribution in [-0.4, -0.2) is 26.2 Å². The van der Waals surface area contributed by atoms with E-state index in [4.69, 9.17) is 4.98 Å². The molecule has 2 N–H and O–H groups in total. The fraction of sp³-hybridized carbons (Fsp3) is 0.148. The maximum absolute atomic E-state index is 13.7. The van der Waals surface area contributed by atoms with Crippen molar-refractivity contribution in [2.75, 3.05) is 5.75 Å². The number of para-hydroxylation sites is 1. The number of carbonyl (C=O) groups is 1. The molecule has 0 saturated carbocycles. The summed E-state index contributed by atoms with van der Waals surface area (Å²) in [5, 5.41) is 4.14. The number of aryl methyl sites for hydroxylation is 1. The van der Waals surface area contributed by atoms with Crippen LogP contribution in [0.15, 0.2) is 76.7 Å². The molecule has 0 spiro atoms. The van der Waals surface area contributed by atoms with Crippen molar-refractivity contribution < 1.29 is 9.18 Å². The van der Waals surface area contributed by atoms with Gasteiger partial charge in [0.15, 0.2) is 5.16 Å². The fourth-order valence-electron chi connectivity index (χ4n) is 4.01. The number of nitrogens with one attached hydrogen (secondary N) is 2. The zero-order valence-electron chi connectivity index (χ0n) is 19.3. The lowest BCUT2D eigenvalue weighted by Crippen LogP contribution is -2.26. The largest absolute Gasteiger partial charge is 0.351 e.